The van der Waals surface area contributed by atoms with E-state index in [1.54, 1.807) is 12.1 Å². The van der Waals surface area contributed by atoms with Gasteiger partial charge in [0.1, 0.15) is 5.75 Å². The first-order valence-electron chi connectivity index (χ1n) is 7.66. The van der Waals surface area contributed by atoms with Gasteiger partial charge in [-0.1, -0.05) is 0 Å². The number of likely N-dealkylation sites (tertiary alicyclic amines) is 1. The van der Waals surface area contributed by atoms with Crippen LogP contribution >= 0.6 is 12.1 Å². The molecule has 0 aliphatic carbocycles. The Balaban J connectivity index is 1.45. The second-order valence-electron chi connectivity index (χ2n) is 5.83. The van der Waals surface area contributed by atoms with Gasteiger partial charge in [-0.3, -0.25) is 4.79 Å². The lowest BCUT2D eigenvalue weighted by Crippen LogP contribution is -2.30. The molecule has 1 aromatic carbocycles. The number of nitriles is 1. The van der Waals surface area contributed by atoms with Crippen LogP contribution in [0.2, 0.25) is 0 Å². The third-order valence-electron chi connectivity index (χ3n) is 4.32. The Bertz CT molecular complexity index is 676. The molecule has 23 heavy (non-hydrogen) atoms. The van der Waals surface area contributed by atoms with Crippen molar-refractivity contribution in [3.63, 3.8) is 0 Å². The Hall–Kier alpha value is -2.11. The Kier molecular flexibility index (Phi) is 3.67. The third-order valence-corrected chi connectivity index (χ3v) is 5.60. The quantitative estimate of drug-likeness (QED) is 0.646. The van der Waals surface area contributed by atoms with Crippen LogP contribution in [0.5, 0.6) is 5.75 Å². The molecule has 1 N–H and O–H groups in total. The van der Waals surface area contributed by atoms with E-state index in [2.05, 4.69) is 20.1 Å². The maximum Gasteiger partial charge on any atom is 0.262 e. The molecule has 3 aliphatic heterocycles. The summed E-state index contributed by atoms with van der Waals surface area (Å²) in [5.41, 5.74) is 1.78. The zero-order valence-corrected chi connectivity index (χ0v) is 13.4. The number of ether oxygens (including phenoxy) is 1. The van der Waals surface area contributed by atoms with E-state index in [9.17, 15) is 4.79 Å². The summed E-state index contributed by atoms with van der Waals surface area (Å²) >= 11 is 1.70. The molecular formula is C15H17N5O2S. The average Bonchev–Trinajstić information content (AvgIpc) is 3.23. The summed E-state index contributed by atoms with van der Waals surface area (Å²) in [4.78, 5) is 13.3. The van der Waals surface area contributed by atoms with Crippen LogP contribution in [0.1, 0.15) is 6.42 Å². The van der Waals surface area contributed by atoms with Crippen LogP contribution in [-0.2, 0) is 4.79 Å². The molecule has 3 heterocycles. The van der Waals surface area contributed by atoms with E-state index in [4.69, 9.17) is 10.00 Å². The van der Waals surface area contributed by atoms with Crippen LogP contribution in [0.4, 0.5) is 11.4 Å². The molecule has 3 aliphatic rings. The summed E-state index contributed by atoms with van der Waals surface area (Å²) in [5, 5.41) is 11.8. The van der Waals surface area contributed by atoms with Crippen molar-refractivity contribution in [3.05, 3.63) is 18.2 Å². The highest BCUT2D eigenvalue weighted by Gasteiger charge is 2.33. The molecule has 0 saturated carbocycles. The molecule has 1 amide bonds. The number of carbonyl (C=O) groups is 1. The number of carbonyl (C=O) groups excluding carboxylic acids is 1. The van der Waals surface area contributed by atoms with Crippen molar-refractivity contribution in [1.82, 2.24) is 9.21 Å². The van der Waals surface area contributed by atoms with E-state index >= 15 is 0 Å². The summed E-state index contributed by atoms with van der Waals surface area (Å²) < 4.78 is 9.97. The monoisotopic (exact) mass is 331 g/mol. The van der Waals surface area contributed by atoms with Gasteiger partial charge in [0.05, 0.1) is 11.4 Å². The van der Waals surface area contributed by atoms with E-state index < -0.39 is 0 Å². The van der Waals surface area contributed by atoms with Gasteiger partial charge in [-0.2, -0.15) is 5.26 Å². The van der Waals surface area contributed by atoms with Gasteiger partial charge in [0, 0.05) is 44.4 Å². The molecule has 2 saturated heterocycles. The van der Waals surface area contributed by atoms with E-state index in [-0.39, 0.29) is 12.5 Å². The van der Waals surface area contributed by atoms with Gasteiger partial charge >= 0.3 is 0 Å². The fourth-order valence-corrected chi connectivity index (χ4v) is 4.21. The number of rotatable bonds is 2. The van der Waals surface area contributed by atoms with Gasteiger partial charge in [0.15, 0.2) is 12.8 Å². The van der Waals surface area contributed by atoms with Gasteiger partial charge in [-0.25, -0.2) is 4.31 Å². The summed E-state index contributed by atoms with van der Waals surface area (Å²) in [6.07, 6.45) is 3.26. The standard InChI is InChI=1S/C15H17N5O2S/c16-10-18-4-3-12(8-18)20-6-5-19(23-20)11-1-2-14-13(7-11)17-15(21)9-22-14/h1-2,7,12H,3-6,8-9H2,(H,17,21). The van der Waals surface area contributed by atoms with E-state index in [1.165, 1.54) is 0 Å². The Morgan fingerprint density at radius 3 is 3.09 bits per heavy atom. The normalized spacial score (nSPS) is 24.1. The number of benzene rings is 1. The molecule has 2 fully saturated rings. The van der Waals surface area contributed by atoms with Crippen molar-refractivity contribution in [2.75, 3.05) is 42.4 Å². The SMILES string of the molecule is N#CN1CCC(N2CCN(c3ccc4c(c3)NC(=O)CO4)S2)C1. The smallest absolute Gasteiger partial charge is 0.262 e. The highest BCUT2D eigenvalue weighted by Crippen LogP contribution is 2.38. The molecule has 4 rings (SSSR count). The molecule has 0 spiro atoms. The summed E-state index contributed by atoms with van der Waals surface area (Å²) in [7, 11) is 0. The van der Waals surface area contributed by atoms with Gasteiger partial charge in [-0.15, -0.1) is 0 Å². The lowest BCUT2D eigenvalue weighted by molar-refractivity contribution is -0.118. The maximum atomic E-state index is 11.4. The predicted octanol–water partition coefficient (Wildman–Crippen LogP) is 1.26. The highest BCUT2D eigenvalue weighted by atomic mass is 32.2. The van der Waals surface area contributed by atoms with Crippen molar-refractivity contribution in [2.24, 2.45) is 0 Å². The summed E-state index contributed by atoms with van der Waals surface area (Å²) in [6.45, 7) is 3.62. The largest absolute Gasteiger partial charge is 0.482 e. The van der Waals surface area contributed by atoms with Crippen LogP contribution in [0.15, 0.2) is 18.2 Å². The third kappa shape index (κ3) is 2.78. The minimum absolute atomic E-state index is 0.0790. The number of nitrogens with zero attached hydrogens (tertiary/aromatic N) is 4. The summed E-state index contributed by atoms with van der Waals surface area (Å²) in [5.74, 6) is 0.600. The summed E-state index contributed by atoms with van der Waals surface area (Å²) in [6, 6.07) is 6.30. The van der Waals surface area contributed by atoms with E-state index in [0.29, 0.717) is 6.04 Å². The number of nitrogens with one attached hydrogen (secondary N) is 1. The molecule has 120 valence electrons. The first-order chi connectivity index (χ1) is 11.2. The predicted molar refractivity (Wildman–Crippen MR) is 87.8 cm³/mol. The molecule has 7 nitrogen and oxygen atoms in total. The molecule has 0 bridgehead atoms. The molecule has 0 radical (unpaired) electrons. The van der Waals surface area contributed by atoms with Gasteiger partial charge in [-0.05, 0) is 24.6 Å². The zero-order valence-electron chi connectivity index (χ0n) is 12.6. The average molecular weight is 331 g/mol. The van der Waals surface area contributed by atoms with Crippen LogP contribution in [0.3, 0.4) is 0 Å². The van der Waals surface area contributed by atoms with E-state index in [0.717, 1.165) is 49.7 Å². The van der Waals surface area contributed by atoms with Crippen molar-refractivity contribution in [1.29, 1.82) is 5.26 Å². The second-order valence-corrected chi connectivity index (χ2v) is 6.90. The molecule has 8 heteroatoms. The van der Waals surface area contributed by atoms with Gasteiger partial charge < -0.3 is 19.3 Å². The molecule has 1 unspecified atom stereocenters. The number of hydrogen-bond acceptors (Lipinski definition) is 7. The first-order valence-corrected chi connectivity index (χ1v) is 8.39. The topological polar surface area (TPSA) is 71.8 Å². The van der Waals surface area contributed by atoms with Crippen molar-refractivity contribution < 1.29 is 9.53 Å². The second kappa shape index (κ2) is 5.83. The fraction of sp³-hybridized carbons (Fsp3) is 0.467. The van der Waals surface area contributed by atoms with Crippen LogP contribution in [0.25, 0.3) is 0 Å². The van der Waals surface area contributed by atoms with Crippen molar-refractivity contribution in [2.45, 2.75) is 12.5 Å². The lowest BCUT2D eigenvalue weighted by Gasteiger charge is -2.24. The first kappa shape index (κ1) is 14.5. The fourth-order valence-electron chi connectivity index (χ4n) is 3.12. The minimum atomic E-state index is -0.118. The maximum absolute atomic E-state index is 11.4. The van der Waals surface area contributed by atoms with Gasteiger partial charge in [0.2, 0.25) is 0 Å². The van der Waals surface area contributed by atoms with E-state index in [1.807, 2.05) is 23.1 Å². The van der Waals surface area contributed by atoms with Crippen LogP contribution < -0.4 is 14.4 Å². The number of amides is 1. The zero-order chi connectivity index (χ0) is 15.8. The van der Waals surface area contributed by atoms with Gasteiger partial charge in [0.25, 0.3) is 5.91 Å². The Labute approximate surface area is 139 Å². The lowest BCUT2D eigenvalue weighted by atomic mass is 10.2. The van der Waals surface area contributed by atoms with Crippen LogP contribution in [-0.4, -0.2) is 53.9 Å². The number of fused-ring (bicyclic) bond motifs is 1. The molecule has 1 aromatic rings. The van der Waals surface area contributed by atoms with Crippen molar-refractivity contribution >= 4 is 29.4 Å². The molecule has 0 aromatic heterocycles. The Morgan fingerprint density at radius 1 is 1.35 bits per heavy atom. The Morgan fingerprint density at radius 2 is 2.26 bits per heavy atom. The minimum Gasteiger partial charge on any atom is -0.482 e. The number of hydrogen-bond donors (Lipinski definition) is 1. The molecule has 1 atom stereocenters. The highest BCUT2D eigenvalue weighted by molar-refractivity contribution is 7.98. The molecular weight excluding hydrogens is 314 g/mol. The number of anilines is 2. The van der Waals surface area contributed by atoms with Crippen LogP contribution in [0, 0.1) is 11.5 Å². The van der Waals surface area contributed by atoms with Crippen molar-refractivity contribution in [3.8, 4) is 11.9 Å².